The Labute approximate surface area is 80.9 Å². The Morgan fingerprint density at radius 2 is 2.14 bits per heavy atom. The molecule has 0 saturated heterocycles. The van der Waals surface area contributed by atoms with Gasteiger partial charge in [-0.25, -0.2) is 0 Å². The molecule has 0 N–H and O–H groups in total. The Bertz CT molecular complexity index is 449. The first kappa shape index (κ1) is 9.76. The number of benzene rings is 1. The number of nitro benzene ring substituents is 1. The van der Waals surface area contributed by atoms with E-state index in [-0.39, 0.29) is 12.1 Å². The normalized spacial score (nSPS) is 8.21. The van der Waals surface area contributed by atoms with Crippen LogP contribution < -0.4 is 0 Å². The van der Waals surface area contributed by atoms with Crippen molar-refractivity contribution < 1.29 is 4.92 Å². The lowest BCUT2D eigenvalue weighted by Gasteiger charge is -1.92. The summed E-state index contributed by atoms with van der Waals surface area (Å²) in [5.74, 6) is 5.11. The highest BCUT2D eigenvalue weighted by molar-refractivity contribution is 5.50. The molecule has 0 spiro atoms. The minimum absolute atomic E-state index is 0.0297. The molecule has 1 aromatic carbocycles. The maximum absolute atomic E-state index is 10.5. The summed E-state index contributed by atoms with van der Waals surface area (Å²) in [7, 11) is 0. The van der Waals surface area contributed by atoms with E-state index in [4.69, 9.17) is 5.26 Å². The molecule has 68 valence electrons. The van der Waals surface area contributed by atoms with E-state index in [1.165, 1.54) is 6.07 Å². The summed E-state index contributed by atoms with van der Waals surface area (Å²) in [5.41, 5.74) is 0.311. The van der Waals surface area contributed by atoms with E-state index >= 15 is 0 Å². The number of nitrogens with zero attached hydrogens (tertiary/aromatic N) is 2. The van der Waals surface area contributed by atoms with Crippen molar-refractivity contribution in [3.05, 3.63) is 39.9 Å². The summed E-state index contributed by atoms with van der Waals surface area (Å²) in [4.78, 5) is 10.0. The van der Waals surface area contributed by atoms with Gasteiger partial charge in [-0.15, -0.1) is 0 Å². The zero-order valence-corrected chi connectivity index (χ0v) is 7.23. The quantitative estimate of drug-likeness (QED) is 0.382. The van der Waals surface area contributed by atoms with Gasteiger partial charge in [-0.1, -0.05) is 24.0 Å². The molecule has 1 aromatic rings. The summed E-state index contributed by atoms with van der Waals surface area (Å²) in [6.07, 6.45) is 0.0754. The maximum atomic E-state index is 10.5. The van der Waals surface area contributed by atoms with Crippen molar-refractivity contribution in [3.8, 4) is 17.9 Å². The molecule has 0 fully saturated rings. The number of rotatable bonds is 1. The van der Waals surface area contributed by atoms with Crippen LogP contribution in [0.25, 0.3) is 0 Å². The van der Waals surface area contributed by atoms with Crippen LogP contribution in [0.15, 0.2) is 24.3 Å². The fourth-order valence-corrected chi connectivity index (χ4v) is 0.917. The minimum Gasteiger partial charge on any atom is -0.258 e. The van der Waals surface area contributed by atoms with Gasteiger partial charge in [0.1, 0.15) is 5.56 Å². The lowest BCUT2D eigenvalue weighted by atomic mass is 10.2. The Morgan fingerprint density at radius 3 is 2.79 bits per heavy atom. The summed E-state index contributed by atoms with van der Waals surface area (Å²) in [5, 5.41) is 18.8. The molecule has 0 aliphatic heterocycles. The Balaban J connectivity index is 3.05. The summed E-state index contributed by atoms with van der Waals surface area (Å²) in [6, 6.07) is 8.03. The average Bonchev–Trinajstić information content (AvgIpc) is 2.19. The molecule has 14 heavy (non-hydrogen) atoms. The van der Waals surface area contributed by atoms with Gasteiger partial charge in [-0.2, -0.15) is 5.26 Å². The van der Waals surface area contributed by atoms with Crippen molar-refractivity contribution >= 4 is 5.69 Å². The van der Waals surface area contributed by atoms with Crippen molar-refractivity contribution in [2.75, 3.05) is 0 Å². The molecule has 0 bridgehead atoms. The Kier molecular flexibility index (Phi) is 3.23. The van der Waals surface area contributed by atoms with Crippen LogP contribution in [0.1, 0.15) is 12.0 Å². The lowest BCUT2D eigenvalue weighted by Crippen LogP contribution is -1.90. The zero-order chi connectivity index (χ0) is 10.4. The van der Waals surface area contributed by atoms with E-state index in [9.17, 15) is 10.1 Å². The minimum atomic E-state index is -0.490. The van der Waals surface area contributed by atoms with Crippen LogP contribution in [-0.4, -0.2) is 4.92 Å². The first-order valence-corrected chi connectivity index (χ1v) is 3.85. The second kappa shape index (κ2) is 4.64. The predicted molar refractivity (Wildman–Crippen MR) is 50.2 cm³/mol. The largest absolute Gasteiger partial charge is 0.284 e. The molecule has 0 saturated carbocycles. The number of nitro groups is 1. The van der Waals surface area contributed by atoms with E-state index in [0.29, 0.717) is 5.56 Å². The first-order chi connectivity index (χ1) is 6.75. The Morgan fingerprint density at radius 1 is 1.43 bits per heavy atom. The lowest BCUT2D eigenvalue weighted by molar-refractivity contribution is -0.385. The van der Waals surface area contributed by atoms with Crippen molar-refractivity contribution in [2.45, 2.75) is 6.42 Å². The fraction of sp³-hybridized carbons (Fsp3) is 0.100. The average molecular weight is 186 g/mol. The molecule has 0 unspecified atom stereocenters. The topological polar surface area (TPSA) is 66.9 Å². The molecule has 0 aliphatic rings. The monoisotopic (exact) mass is 186 g/mol. The van der Waals surface area contributed by atoms with Gasteiger partial charge in [-0.3, -0.25) is 10.1 Å². The first-order valence-electron chi connectivity index (χ1n) is 3.85. The van der Waals surface area contributed by atoms with Crippen molar-refractivity contribution in [1.82, 2.24) is 0 Å². The molecule has 0 aliphatic carbocycles. The molecule has 4 nitrogen and oxygen atoms in total. The SMILES string of the molecule is N#CCC#Cc1ccccc1[N+](=O)[O-]. The third-order valence-corrected chi connectivity index (χ3v) is 1.49. The molecular weight excluding hydrogens is 180 g/mol. The smallest absolute Gasteiger partial charge is 0.258 e. The molecule has 1 rings (SSSR count). The van der Waals surface area contributed by atoms with Crippen LogP contribution in [-0.2, 0) is 0 Å². The second-order valence-corrected chi connectivity index (χ2v) is 2.41. The number of nitriles is 1. The summed E-state index contributed by atoms with van der Waals surface area (Å²) >= 11 is 0. The van der Waals surface area contributed by atoms with Crippen molar-refractivity contribution in [1.29, 1.82) is 5.26 Å². The van der Waals surface area contributed by atoms with E-state index in [0.717, 1.165) is 0 Å². The molecule has 0 atom stereocenters. The zero-order valence-electron chi connectivity index (χ0n) is 7.23. The highest BCUT2D eigenvalue weighted by Crippen LogP contribution is 2.15. The van der Waals surface area contributed by atoms with Gasteiger partial charge < -0.3 is 0 Å². The number of hydrogen-bond acceptors (Lipinski definition) is 3. The standard InChI is InChI=1S/C10H6N2O2/c11-8-4-3-6-9-5-1-2-7-10(9)12(13)14/h1-2,5,7H,4H2. The van der Waals surface area contributed by atoms with Gasteiger partial charge in [0, 0.05) is 6.07 Å². The van der Waals surface area contributed by atoms with Crippen LogP contribution in [0.3, 0.4) is 0 Å². The second-order valence-electron chi connectivity index (χ2n) is 2.41. The fourth-order valence-electron chi connectivity index (χ4n) is 0.917. The molecule has 0 amide bonds. The van der Waals surface area contributed by atoms with Gasteiger partial charge in [0.25, 0.3) is 5.69 Å². The van der Waals surface area contributed by atoms with Gasteiger partial charge in [-0.05, 0) is 6.07 Å². The maximum Gasteiger partial charge on any atom is 0.284 e. The van der Waals surface area contributed by atoms with Gasteiger partial charge in [0.15, 0.2) is 0 Å². The van der Waals surface area contributed by atoms with E-state index in [1.807, 2.05) is 6.07 Å². The molecule has 0 radical (unpaired) electrons. The van der Waals surface area contributed by atoms with Gasteiger partial charge >= 0.3 is 0 Å². The van der Waals surface area contributed by atoms with Gasteiger partial charge in [0.05, 0.1) is 17.4 Å². The summed E-state index contributed by atoms with van der Waals surface area (Å²) in [6.45, 7) is 0. The Hall–Kier alpha value is -2.33. The molecule has 0 aromatic heterocycles. The van der Waals surface area contributed by atoms with Crippen LogP contribution in [0, 0.1) is 33.3 Å². The number of para-hydroxylation sites is 1. The van der Waals surface area contributed by atoms with E-state index in [1.54, 1.807) is 18.2 Å². The van der Waals surface area contributed by atoms with Crippen molar-refractivity contribution in [3.63, 3.8) is 0 Å². The predicted octanol–water partition coefficient (Wildman–Crippen LogP) is 1.86. The molecule has 4 heteroatoms. The summed E-state index contributed by atoms with van der Waals surface area (Å²) < 4.78 is 0. The highest BCUT2D eigenvalue weighted by atomic mass is 16.6. The van der Waals surface area contributed by atoms with Crippen LogP contribution in [0.5, 0.6) is 0 Å². The van der Waals surface area contributed by atoms with Crippen LogP contribution in [0.4, 0.5) is 5.69 Å². The van der Waals surface area contributed by atoms with E-state index < -0.39 is 4.92 Å². The van der Waals surface area contributed by atoms with Gasteiger partial charge in [0.2, 0.25) is 0 Å². The molecule has 0 heterocycles. The van der Waals surface area contributed by atoms with Crippen LogP contribution in [0.2, 0.25) is 0 Å². The van der Waals surface area contributed by atoms with E-state index in [2.05, 4.69) is 11.8 Å². The third kappa shape index (κ3) is 2.33. The number of hydrogen-bond donors (Lipinski definition) is 0. The van der Waals surface area contributed by atoms with Crippen LogP contribution >= 0.6 is 0 Å². The van der Waals surface area contributed by atoms with Crippen molar-refractivity contribution in [2.24, 2.45) is 0 Å². The molecular formula is C10H6N2O2. The third-order valence-electron chi connectivity index (χ3n) is 1.49. The highest BCUT2D eigenvalue weighted by Gasteiger charge is 2.09.